The molecule has 2 aromatic heterocycles. The Balaban J connectivity index is 1.50. The lowest BCUT2D eigenvalue weighted by Gasteiger charge is -2.39. The van der Waals surface area contributed by atoms with Crippen molar-refractivity contribution in [3.63, 3.8) is 0 Å². The molecule has 4 rings (SSSR count). The number of pyridine rings is 1. The van der Waals surface area contributed by atoms with Crippen LogP contribution in [0.25, 0.3) is 0 Å². The number of nitrogens with zero attached hydrogens (tertiary/aromatic N) is 3. The van der Waals surface area contributed by atoms with Gasteiger partial charge in [0, 0.05) is 44.5 Å². The molecular formula is C17H19N3O3S2. The van der Waals surface area contributed by atoms with E-state index in [4.69, 9.17) is 0 Å². The van der Waals surface area contributed by atoms with Crippen LogP contribution in [-0.4, -0.2) is 54.7 Å². The molecule has 4 heterocycles. The summed E-state index contributed by atoms with van der Waals surface area (Å²) in [7, 11) is -3.57. The standard InChI is InChI=1S/C17H19N3O3S2/c21-17(19-11-14(12-19)13-4-3-6-18-10-13)16-15(5-9-24-16)25(22,23)20-7-1-2-8-20/h3-6,9-10,14H,1-2,7-8,11-12H2. The van der Waals surface area contributed by atoms with Crippen LogP contribution in [0.2, 0.25) is 0 Å². The van der Waals surface area contributed by atoms with Crippen LogP contribution in [0, 0.1) is 0 Å². The van der Waals surface area contributed by atoms with Gasteiger partial charge in [0.15, 0.2) is 0 Å². The normalized spacial score (nSPS) is 19.1. The Labute approximate surface area is 151 Å². The van der Waals surface area contributed by atoms with Gasteiger partial charge in [0.2, 0.25) is 10.0 Å². The molecule has 0 unspecified atom stereocenters. The zero-order chi connectivity index (χ0) is 17.4. The number of amides is 1. The Hall–Kier alpha value is -1.77. The summed E-state index contributed by atoms with van der Waals surface area (Å²) in [6, 6.07) is 5.46. The number of hydrogen-bond donors (Lipinski definition) is 0. The molecule has 2 aliphatic rings. The predicted molar refractivity (Wildman–Crippen MR) is 95.2 cm³/mol. The fourth-order valence-corrected chi connectivity index (χ4v) is 6.22. The van der Waals surface area contributed by atoms with Crippen molar-refractivity contribution in [1.82, 2.24) is 14.2 Å². The first-order chi connectivity index (χ1) is 12.1. The molecule has 1 amide bonds. The molecule has 0 aromatic carbocycles. The van der Waals surface area contributed by atoms with Crippen molar-refractivity contribution in [2.75, 3.05) is 26.2 Å². The van der Waals surface area contributed by atoms with Gasteiger partial charge >= 0.3 is 0 Å². The molecule has 0 radical (unpaired) electrons. The van der Waals surface area contributed by atoms with Crippen LogP contribution in [0.4, 0.5) is 0 Å². The Morgan fingerprint density at radius 3 is 2.64 bits per heavy atom. The molecule has 8 heteroatoms. The molecule has 0 spiro atoms. The monoisotopic (exact) mass is 377 g/mol. The highest BCUT2D eigenvalue weighted by molar-refractivity contribution is 7.89. The number of sulfonamides is 1. The molecule has 2 saturated heterocycles. The smallest absolute Gasteiger partial charge is 0.265 e. The number of hydrogen-bond acceptors (Lipinski definition) is 5. The van der Waals surface area contributed by atoms with Crippen molar-refractivity contribution in [3.8, 4) is 0 Å². The zero-order valence-electron chi connectivity index (χ0n) is 13.7. The maximum atomic E-state index is 12.8. The van der Waals surface area contributed by atoms with Gasteiger partial charge in [-0.2, -0.15) is 4.31 Å². The van der Waals surface area contributed by atoms with Gasteiger partial charge in [-0.15, -0.1) is 11.3 Å². The minimum atomic E-state index is -3.57. The Kier molecular flexibility index (Phi) is 4.35. The van der Waals surface area contributed by atoms with Crippen molar-refractivity contribution >= 4 is 27.3 Å². The topological polar surface area (TPSA) is 70.6 Å². The van der Waals surface area contributed by atoms with Gasteiger partial charge in [-0.3, -0.25) is 9.78 Å². The van der Waals surface area contributed by atoms with Gasteiger partial charge in [-0.05, 0) is 35.9 Å². The average molecular weight is 377 g/mol. The number of aromatic nitrogens is 1. The second-order valence-electron chi connectivity index (χ2n) is 6.42. The first-order valence-corrected chi connectivity index (χ1v) is 10.7. The van der Waals surface area contributed by atoms with E-state index in [1.54, 1.807) is 22.5 Å². The van der Waals surface area contributed by atoms with Crippen molar-refractivity contribution in [2.24, 2.45) is 0 Å². The molecule has 0 N–H and O–H groups in total. The van der Waals surface area contributed by atoms with Crippen LogP contribution < -0.4 is 0 Å². The number of carbonyl (C=O) groups is 1. The third kappa shape index (κ3) is 2.98. The van der Waals surface area contributed by atoms with Crippen molar-refractivity contribution < 1.29 is 13.2 Å². The molecule has 2 fully saturated rings. The number of likely N-dealkylation sites (tertiary alicyclic amines) is 1. The van der Waals surface area contributed by atoms with E-state index in [2.05, 4.69) is 4.98 Å². The van der Waals surface area contributed by atoms with Gasteiger partial charge in [0.05, 0.1) is 0 Å². The van der Waals surface area contributed by atoms with Crippen molar-refractivity contribution in [2.45, 2.75) is 23.7 Å². The van der Waals surface area contributed by atoms with Crippen molar-refractivity contribution in [1.29, 1.82) is 0 Å². The molecule has 6 nitrogen and oxygen atoms in total. The second-order valence-corrected chi connectivity index (χ2v) is 9.24. The fourth-order valence-electron chi connectivity index (χ4n) is 3.34. The number of rotatable bonds is 4. The Bertz CT molecular complexity index is 868. The highest BCUT2D eigenvalue weighted by Crippen LogP contribution is 2.32. The van der Waals surface area contributed by atoms with E-state index >= 15 is 0 Å². The van der Waals surface area contributed by atoms with E-state index in [1.165, 1.54) is 15.6 Å². The maximum absolute atomic E-state index is 12.8. The minimum absolute atomic E-state index is 0.161. The summed E-state index contributed by atoms with van der Waals surface area (Å²) in [6.45, 7) is 2.29. The van der Waals surface area contributed by atoms with E-state index in [0.717, 1.165) is 18.4 Å². The van der Waals surface area contributed by atoms with Crippen LogP contribution in [0.1, 0.15) is 34.0 Å². The van der Waals surface area contributed by atoms with Gasteiger partial charge in [0.25, 0.3) is 5.91 Å². The Morgan fingerprint density at radius 1 is 1.20 bits per heavy atom. The average Bonchev–Trinajstić information content (AvgIpc) is 3.26. The maximum Gasteiger partial charge on any atom is 0.265 e. The van der Waals surface area contributed by atoms with Crippen LogP contribution in [0.5, 0.6) is 0 Å². The highest BCUT2D eigenvalue weighted by atomic mass is 32.2. The fraction of sp³-hybridized carbons (Fsp3) is 0.412. The van der Waals surface area contributed by atoms with Gasteiger partial charge in [0.1, 0.15) is 9.77 Å². The third-order valence-corrected chi connectivity index (χ3v) is 7.80. The Morgan fingerprint density at radius 2 is 1.96 bits per heavy atom. The summed E-state index contributed by atoms with van der Waals surface area (Å²) in [5, 5.41) is 1.69. The SMILES string of the molecule is O=C(c1sccc1S(=O)(=O)N1CCCC1)N1CC(c2cccnc2)C1. The van der Waals surface area contributed by atoms with Gasteiger partial charge in [-0.1, -0.05) is 6.07 Å². The predicted octanol–water partition coefficient (Wildman–Crippen LogP) is 2.17. The lowest BCUT2D eigenvalue weighted by molar-refractivity contribution is 0.0603. The second kappa shape index (κ2) is 6.51. The molecule has 2 aliphatic heterocycles. The summed E-state index contributed by atoms with van der Waals surface area (Å²) in [5.74, 6) is 0.0872. The zero-order valence-corrected chi connectivity index (χ0v) is 15.3. The van der Waals surface area contributed by atoms with Crippen molar-refractivity contribution in [3.05, 3.63) is 46.4 Å². The summed E-state index contributed by atoms with van der Waals surface area (Å²) in [6.07, 6.45) is 5.31. The summed E-state index contributed by atoms with van der Waals surface area (Å²) >= 11 is 1.21. The molecule has 0 bridgehead atoms. The highest BCUT2D eigenvalue weighted by Gasteiger charge is 2.37. The number of carbonyl (C=O) groups excluding carboxylic acids is 1. The summed E-state index contributed by atoms with van der Waals surface area (Å²) in [4.78, 5) is 19.1. The molecule has 0 aliphatic carbocycles. The molecule has 0 atom stereocenters. The molecular weight excluding hydrogens is 358 g/mol. The molecule has 0 saturated carbocycles. The first kappa shape index (κ1) is 16.7. The van der Waals surface area contributed by atoms with E-state index in [-0.39, 0.29) is 16.7 Å². The van der Waals surface area contributed by atoms with Gasteiger partial charge < -0.3 is 4.90 Å². The largest absolute Gasteiger partial charge is 0.337 e. The lowest BCUT2D eigenvalue weighted by Crippen LogP contribution is -2.48. The summed E-state index contributed by atoms with van der Waals surface area (Å²) in [5.41, 5.74) is 1.11. The molecule has 2 aromatic rings. The third-order valence-electron chi connectivity index (χ3n) is 4.83. The first-order valence-electron chi connectivity index (χ1n) is 8.34. The van der Waals surface area contributed by atoms with E-state index in [0.29, 0.717) is 31.1 Å². The van der Waals surface area contributed by atoms with Crippen LogP contribution >= 0.6 is 11.3 Å². The quantitative estimate of drug-likeness (QED) is 0.819. The van der Waals surface area contributed by atoms with E-state index in [1.807, 2.05) is 18.3 Å². The van der Waals surface area contributed by atoms with E-state index < -0.39 is 10.0 Å². The summed E-state index contributed by atoms with van der Waals surface area (Å²) < 4.78 is 27.1. The molecule has 25 heavy (non-hydrogen) atoms. The van der Waals surface area contributed by atoms with Crippen LogP contribution in [0.3, 0.4) is 0 Å². The van der Waals surface area contributed by atoms with Gasteiger partial charge in [-0.25, -0.2) is 8.42 Å². The lowest BCUT2D eigenvalue weighted by atomic mass is 9.92. The molecule has 132 valence electrons. The van der Waals surface area contributed by atoms with Crippen LogP contribution in [0.15, 0.2) is 40.9 Å². The van der Waals surface area contributed by atoms with Crippen LogP contribution in [-0.2, 0) is 10.0 Å². The minimum Gasteiger partial charge on any atom is -0.337 e. The van der Waals surface area contributed by atoms with E-state index in [9.17, 15) is 13.2 Å². The number of thiophene rings is 1.